The van der Waals surface area contributed by atoms with Crippen LogP contribution in [-0.4, -0.2) is 24.1 Å². The van der Waals surface area contributed by atoms with E-state index in [4.69, 9.17) is 0 Å². The zero-order chi connectivity index (χ0) is 17.2. The summed E-state index contributed by atoms with van der Waals surface area (Å²) >= 11 is 0. The highest BCUT2D eigenvalue weighted by Gasteiger charge is 2.11. The number of halogens is 1. The minimum atomic E-state index is -0.297. The standard InChI is InChI=1S/C18H17FN6/c1-2-24-12-20-10-13(24)11-21-18-9-16(14-5-3-4-6-15(14)19)23-17-7-8-22-25(17)18/h3-10,12,21H,2,11H2,1H3. The molecule has 3 heterocycles. The molecule has 1 aromatic carbocycles. The summed E-state index contributed by atoms with van der Waals surface area (Å²) in [5, 5.41) is 7.65. The van der Waals surface area contributed by atoms with Gasteiger partial charge in [0.05, 0.1) is 30.5 Å². The number of hydrogen-bond acceptors (Lipinski definition) is 4. The smallest absolute Gasteiger partial charge is 0.157 e. The lowest BCUT2D eigenvalue weighted by molar-refractivity contribution is 0.630. The summed E-state index contributed by atoms with van der Waals surface area (Å²) in [6.07, 6.45) is 5.31. The molecule has 0 bridgehead atoms. The zero-order valence-electron chi connectivity index (χ0n) is 13.7. The molecule has 3 aromatic heterocycles. The highest BCUT2D eigenvalue weighted by molar-refractivity contribution is 5.66. The molecule has 1 N–H and O–H groups in total. The monoisotopic (exact) mass is 336 g/mol. The van der Waals surface area contributed by atoms with Gasteiger partial charge in [0.25, 0.3) is 0 Å². The molecule has 4 aromatic rings. The van der Waals surface area contributed by atoms with Crippen LogP contribution >= 0.6 is 0 Å². The van der Waals surface area contributed by atoms with Crippen molar-refractivity contribution in [3.8, 4) is 11.3 Å². The minimum Gasteiger partial charge on any atom is -0.364 e. The Balaban J connectivity index is 1.73. The second-order valence-corrected chi connectivity index (χ2v) is 5.63. The van der Waals surface area contributed by atoms with Gasteiger partial charge >= 0.3 is 0 Å². The predicted molar refractivity (Wildman–Crippen MR) is 93.6 cm³/mol. The molecule has 0 aliphatic heterocycles. The summed E-state index contributed by atoms with van der Waals surface area (Å²) in [5.74, 6) is 0.450. The van der Waals surface area contributed by atoms with Gasteiger partial charge in [0.1, 0.15) is 11.6 Å². The number of anilines is 1. The van der Waals surface area contributed by atoms with Crippen molar-refractivity contribution in [3.63, 3.8) is 0 Å². The second kappa shape index (κ2) is 6.35. The van der Waals surface area contributed by atoms with Crippen molar-refractivity contribution in [2.75, 3.05) is 5.32 Å². The van der Waals surface area contributed by atoms with Crippen molar-refractivity contribution < 1.29 is 4.39 Å². The molecule has 0 saturated carbocycles. The van der Waals surface area contributed by atoms with Gasteiger partial charge in [0, 0.05) is 30.4 Å². The van der Waals surface area contributed by atoms with Gasteiger partial charge in [-0.3, -0.25) is 0 Å². The highest BCUT2D eigenvalue weighted by Crippen LogP contribution is 2.24. The van der Waals surface area contributed by atoms with Crippen LogP contribution in [0.3, 0.4) is 0 Å². The van der Waals surface area contributed by atoms with Crippen molar-refractivity contribution in [1.82, 2.24) is 24.1 Å². The van der Waals surface area contributed by atoms with Crippen LogP contribution < -0.4 is 5.32 Å². The Labute approximate surface area is 144 Å². The molecule has 7 heteroatoms. The van der Waals surface area contributed by atoms with Crippen LogP contribution in [0.4, 0.5) is 10.2 Å². The quantitative estimate of drug-likeness (QED) is 0.607. The summed E-state index contributed by atoms with van der Waals surface area (Å²) in [7, 11) is 0. The Hall–Kier alpha value is -3.22. The van der Waals surface area contributed by atoms with Crippen LogP contribution in [0.2, 0.25) is 0 Å². The highest BCUT2D eigenvalue weighted by atomic mass is 19.1. The lowest BCUT2D eigenvalue weighted by atomic mass is 10.1. The third kappa shape index (κ3) is 2.84. The number of imidazole rings is 1. The van der Waals surface area contributed by atoms with Gasteiger partial charge in [-0.2, -0.15) is 9.61 Å². The summed E-state index contributed by atoms with van der Waals surface area (Å²) in [5.41, 5.74) is 2.75. The first-order valence-electron chi connectivity index (χ1n) is 8.09. The van der Waals surface area contributed by atoms with Crippen molar-refractivity contribution in [3.05, 3.63) is 66.6 Å². The fraction of sp³-hybridized carbons (Fsp3) is 0.167. The number of rotatable bonds is 5. The van der Waals surface area contributed by atoms with Gasteiger partial charge in [-0.25, -0.2) is 14.4 Å². The molecule has 0 atom stereocenters. The van der Waals surface area contributed by atoms with Crippen LogP contribution in [0.1, 0.15) is 12.6 Å². The SMILES string of the molecule is CCn1cncc1CNc1cc(-c2ccccc2F)nc2ccnn12. The fourth-order valence-electron chi connectivity index (χ4n) is 2.81. The molecule has 0 aliphatic carbocycles. The summed E-state index contributed by atoms with van der Waals surface area (Å²) < 4.78 is 17.9. The lowest BCUT2D eigenvalue weighted by Gasteiger charge is -2.12. The molecular weight excluding hydrogens is 319 g/mol. The Morgan fingerprint density at radius 2 is 2.08 bits per heavy atom. The molecule has 0 fully saturated rings. The number of benzene rings is 1. The van der Waals surface area contributed by atoms with Crippen molar-refractivity contribution >= 4 is 11.5 Å². The van der Waals surface area contributed by atoms with E-state index in [2.05, 4.69) is 31.9 Å². The number of fused-ring (bicyclic) bond motifs is 1. The zero-order valence-corrected chi connectivity index (χ0v) is 13.7. The lowest BCUT2D eigenvalue weighted by Crippen LogP contribution is -2.10. The largest absolute Gasteiger partial charge is 0.364 e. The van der Waals surface area contributed by atoms with Crippen molar-refractivity contribution in [2.24, 2.45) is 0 Å². The third-order valence-corrected chi connectivity index (χ3v) is 4.10. The van der Waals surface area contributed by atoms with E-state index in [9.17, 15) is 4.39 Å². The van der Waals surface area contributed by atoms with E-state index in [1.165, 1.54) is 6.07 Å². The Kier molecular flexibility index (Phi) is 3.89. The Bertz CT molecular complexity index is 1020. The molecule has 0 saturated heterocycles. The topological polar surface area (TPSA) is 60.0 Å². The first-order valence-corrected chi connectivity index (χ1v) is 8.09. The van der Waals surface area contributed by atoms with Gasteiger partial charge < -0.3 is 9.88 Å². The molecule has 126 valence electrons. The number of aromatic nitrogens is 5. The molecule has 0 amide bonds. The Morgan fingerprint density at radius 3 is 2.92 bits per heavy atom. The normalized spacial score (nSPS) is 11.1. The fourth-order valence-corrected chi connectivity index (χ4v) is 2.81. The number of nitrogens with zero attached hydrogens (tertiary/aromatic N) is 5. The second-order valence-electron chi connectivity index (χ2n) is 5.63. The van der Waals surface area contributed by atoms with E-state index in [-0.39, 0.29) is 5.82 Å². The molecular formula is C18H17FN6. The van der Waals surface area contributed by atoms with Crippen molar-refractivity contribution in [2.45, 2.75) is 20.0 Å². The molecule has 6 nitrogen and oxygen atoms in total. The predicted octanol–water partition coefficient (Wildman–Crippen LogP) is 3.36. The number of aryl methyl sites for hydroxylation is 1. The molecule has 0 aliphatic rings. The summed E-state index contributed by atoms with van der Waals surface area (Å²) in [6, 6.07) is 10.2. The van der Waals surface area contributed by atoms with E-state index in [0.717, 1.165) is 18.1 Å². The Morgan fingerprint density at radius 1 is 1.20 bits per heavy atom. The maximum atomic E-state index is 14.1. The molecule has 0 unspecified atom stereocenters. The first-order chi connectivity index (χ1) is 12.3. The van der Waals surface area contributed by atoms with Gasteiger partial charge in [-0.1, -0.05) is 12.1 Å². The maximum Gasteiger partial charge on any atom is 0.157 e. The maximum absolute atomic E-state index is 14.1. The van der Waals surface area contributed by atoms with Crippen LogP contribution in [0, 0.1) is 5.82 Å². The van der Waals surface area contributed by atoms with E-state index in [1.54, 1.807) is 41.3 Å². The summed E-state index contributed by atoms with van der Waals surface area (Å²) in [6.45, 7) is 3.51. The average Bonchev–Trinajstić information content (AvgIpc) is 3.28. The van der Waals surface area contributed by atoms with Gasteiger partial charge in [-0.05, 0) is 19.1 Å². The van der Waals surface area contributed by atoms with Crippen LogP contribution in [0.15, 0.2) is 55.1 Å². The van der Waals surface area contributed by atoms with Gasteiger partial charge in [0.2, 0.25) is 0 Å². The molecule has 4 rings (SSSR count). The first kappa shape index (κ1) is 15.3. The average molecular weight is 336 g/mol. The van der Waals surface area contributed by atoms with Gasteiger partial charge in [-0.15, -0.1) is 0 Å². The van der Waals surface area contributed by atoms with Crippen LogP contribution in [0.25, 0.3) is 16.9 Å². The van der Waals surface area contributed by atoms with E-state index >= 15 is 0 Å². The van der Waals surface area contributed by atoms with E-state index in [1.807, 2.05) is 12.3 Å². The minimum absolute atomic E-state index is 0.297. The number of hydrogen-bond donors (Lipinski definition) is 1. The molecule has 25 heavy (non-hydrogen) atoms. The van der Waals surface area contributed by atoms with E-state index < -0.39 is 0 Å². The molecule has 0 spiro atoms. The van der Waals surface area contributed by atoms with Crippen LogP contribution in [-0.2, 0) is 13.1 Å². The van der Waals surface area contributed by atoms with Crippen molar-refractivity contribution in [1.29, 1.82) is 0 Å². The number of nitrogens with one attached hydrogen (secondary N) is 1. The summed E-state index contributed by atoms with van der Waals surface area (Å²) in [4.78, 5) is 8.68. The third-order valence-electron chi connectivity index (χ3n) is 4.10. The molecule has 0 radical (unpaired) electrons. The van der Waals surface area contributed by atoms with E-state index in [0.29, 0.717) is 23.4 Å². The van der Waals surface area contributed by atoms with Crippen LogP contribution in [0.5, 0.6) is 0 Å². The van der Waals surface area contributed by atoms with Gasteiger partial charge in [0.15, 0.2) is 5.65 Å².